The molecule has 1 aromatic carbocycles. The number of aliphatic hydroxyl groups is 3. The van der Waals surface area contributed by atoms with E-state index in [2.05, 4.69) is 63.8 Å². The highest BCUT2D eigenvalue weighted by Gasteiger charge is 2.41. The second kappa shape index (κ2) is 37.8. The van der Waals surface area contributed by atoms with Gasteiger partial charge >= 0.3 is 5.97 Å². The van der Waals surface area contributed by atoms with E-state index in [4.69, 9.17) is 15.9 Å². The highest BCUT2D eigenvalue weighted by Crippen LogP contribution is 2.17. The number of aryl methyl sites for hydroxylation is 1. The van der Waals surface area contributed by atoms with Crippen LogP contribution in [0.3, 0.4) is 0 Å². The summed E-state index contributed by atoms with van der Waals surface area (Å²) in [5.41, 5.74) is 6.48. The highest BCUT2D eigenvalue weighted by atomic mass is 16.5. The molecule has 0 spiro atoms. The van der Waals surface area contributed by atoms with Gasteiger partial charge in [0.05, 0.1) is 25.9 Å². The first-order valence-corrected chi connectivity index (χ1v) is 29.5. The number of nitrogens with two attached hydrogens (primary N) is 1. The molecule has 0 bridgehead atoms. The number of amides is 10. The second-order valence-electron chi connectivity index (χ2n) is 22.0. The SMILES string of the molecule is CC[C@@H](C)[C@@H](NC(=O)[C@@H](CCCNC(=N)N)NC(=O)[C@H](CO)NC(=O)[C@@H](NC(=O)[C@@H](CCc1ccccc1)NC)[C@@H](C)CC)C(=O)N[C@H](C(=O)N[C@@H](CO)C(=O)N[C@H]1C(=O)N[C@@H](CO)C(=O)N[C@@H](C)C(=O)N[C@@H]([C@@H](C)CC)C(=O)O[C@H]1C)[C@@H](C)CC. The van der Waals surface area contributed by atoms with Crippen molar-refractivity contribution in [1.82, 2.24) is 63.8 Å². The molecule has 18 N–H and O–H groups in total. The summed E-state index contributed by atoms with van der Waals surface area (Å²) < 4.78 is 5.61. The number of cyclic esters (lactones) is 1. The van der Waals surface area contributed by atoms with E-state index in [1.807, 2.05) is 37.3 Å². The van der Waals surface area contributed by atoms with Crippen LogP contribution in [0.5, 0.6) is 0 Å². The Labute approximate surface area is 503 Å². The van der Waals surface area contributed by atoms with Crippen LogP contribution in [0, 0.1) is 29.1 Å². The minimum atomic E-state index is -1.84. The average molecular weight is 1220 g/mol. The van der Waals surface area contributed by atoms with E-state index in [1.165, 1.54) is 13.8 Å². The van der Waals surface area contributed by atoms with E-state index in [0.717, 1.165) is 5.56 Å². The van der Waals surface area contributed by atoms with Gasteiger partial charge in [0, 0.05) is 6.54 Å². The van der Waals surface area contributed by atoms with E-state index in [0.29, 0.717) is 25.7 Å². The summed E-state index contributed by atoms with van der Waals surface area (Å²) in [7, 11) is 1.62. The molecule has 2 rings (SSSR count). The van der Waals surface area contributed by atoms with Gasteiger partial charge in [0.25, 0.3) is 0 Å². The Balaban J connectivity index is 2.42. The second-order valence-corrected chi connectivity index (χ2v) is 22.0. The largest absolute Gasteiger partial charge is 0.458 e. The number of nitrogens with one attached hydrogen (secondary N) is 13. The molecular weight excluding hydrogens is 1120 g/mol. The Kier molecular flexibility index (Phi) is 32.8. The number of esters is 1. The molecule has 86 heavy (non-hydrogen) atoms. The van der Waals surface area contributed by atoms with Crippen LogP contribution in [0.1, 0.15) is 120 Å². The van der Waals surface area contributed by atoms with Crippen LogP contribution in [0.4, 0.5) is 0 Å². The fourth-order valence-corrected chi connectivity index (χ4v) is 8.96. The third-order valence-electron chi connectivity index (χ3n) is 15.5. The predicted molar refractivity (Wildman–Crippen MR) is 316 cm³/mol. The number of hydrogen-bond donors (Lipinski definition) is 17. The number of ether oxygens (including phenoxy) is 1. The third kappa shape index (κ3) is 23.4. The van der Waals surface area contributed by atoms with Gasteiger partial charge < -0.3 is 89.6 Å². The highest BCUT2D eigenvalue weighted by molar-refractivity contribution is 5.99. The molecule has 16 atom stereocenters. The van der Waals surface area contributed by atoms with Crippen molar-refractivity contribution in [2.45, 2.75) is 193 Å². The Hall–Kier alpha value is -7.50. The monoisotopic (exact) mass is 1220 g/mol. The quantitative estimate of drug-likeness (QED) is 0.0140. The number of likely N-dealkylation sites (N-methyl/N-ethyl adjacent to an activating group) is 1. The maximum Gasteiger partial charge on any atom is 0.329 e. The molecule has 1 heterocycles. The number of aliphatic hydroxyl groups excluding tert-OH is 3. The van der Waals surface area contributed by atoms with Gasteiger partial charge in [0.2, 0.25) is 59.1 Å². The summed E-state index contributed by atoms with van der Waals surface area (Å²) in [6, 6.07) is -6.06. The summed E-state index contributed by atoms with van der Waals surface area (Å²) in [5, 5.41) is 69.3. The van der Waals surface area contributed by atoms with Crippen molar-refractivity contribution in [3.63, 3.8) is 0 Å². The van der Waals surface area contributed by atoms with Crippen molar-refractivity contribution in [3.05, 3.63) is 35.9 Å². The van der Waals surface area contributed by atoms with Gasteiger partial charge in [-0.2, -0.15) is 0 Å². The van der Waals surface area contributed by atoms with Crippen molar-refractivity contribution >= 4 is 71.0 Å². The van der Waals surface area contributed by atoms with Gasteiger partial charge in [-0.05, 0) is 75.8 Å². The molecular formula is C57H96N14O15. The number of carbonyl (C=O) groups is 11. The van der Waals surface area contributed by atoms with Crippen molar-refractivity contribution in [2.24, 2.45) is 29.4 Å². The summed E-state index contributed by atoms with van der Waals surface area (Å²) >= 11 is 0. The zero-order valence-electron chi connectivity index (χ0n) is 51.4. The Morgan fingerprint density at radius 2 is 1.08 bits per heavy atom. The average Bonchev–Trinajstić information content (AvgIpc) is 3.51. The van der Waals surface area contributed by atoms with E-state index in [-0.39, 0.29) is 38.2 Å². The lowest BCUT2D eigenvalue weighted by atomic mass is 9.94. The molecule has 0 aliphatic carbocycles. The molecule has 29 heteroatoms. The fraction of sp³-hybridized carbons (Fsp3) is 0.684. The first-order valence-electron chi connectivity index (χ1n) is 29.5. The van der Waals surface area contributed by atoms with Gasteiger partial charge in [-0.1, -0.05) is 111 Å². The summed E-state index contributed by atoms with van der Waals surface area (Å²) in [6.07, 6.45) is 0.805. The van der Waals surface area contributed by atoms with Gasteiger partial charge in [0.15, 0.2) is 5.96 Å². The molecule has 1 aliphatic heterocycles. The number of hydrogen-bond acceptors (Lipinski definition) is 17. The van der Waals surface area contributed by atoms with Crippen LogP contribution in [-0.2, 0) is 63.9 Å². The molecule has 10 amide bonds. The number of guanidine groups is 1. The summed E-state index contributed by atoms with van der Waals surface area (Å²) in [6.45, 7) is 13.3. The molecule has 1 aliphatic rings. The molecule has 0 aromatic heterocycles. The first-order chi connectivity index (χ1) is 40.7. The maximum absolute atomic E-state index is 14.4. The van der Waals surface area contributed by atoms with Crippen LogP contribution in [0.15, 0.2) is 30.3 Å². The summed E-state index contributed by atoms with van der Waals surface area (Å²) in [5.74, 6) is -12.7. The number of benzene rings is 1. The smallest absolute Gasteiger partial charge is 0.329 e. The van der Waals surface area contributed by atoms with Crippen LogP contribution in [-0.4, -0.2) is 192 Å². The van der Waals surface area contributed by atoms with E-state index in [9.17, 15) is 68.1 Å². The molecule has 0 radical (unpaired) electrons. The molecule has 1 aromatic rings. The normalized spacial score (nSPS) is 21.3. The van der Waals surface area contributed by atoms with E-state index >= 15 is 0 Å². The minimum absolute atomic E-state index is 0.0700. The van der Waals surface area contributed by atoms with Crippen LogP contribution in [0.2, 0.25) is 0 Å². The van der Waals surface area contributed by atoms with Gasteiger partial charge in [-0.25, -0.2) is 4.79 Å². The van der Waals surface area contributed by atoms with Crippen LogP contribution < -0.4 is 69.5 Å². The molecule has 1 saturated heterocycles. The Morgan fingerprint density at radius 1 is 0.605 bits per heavy atom. The fourth-order valence-electron chi connectivity index (χ4n) is 8.96. The molecule has 29 nitrogen and oxygen atoms in total. The lowest BCUT2D eigenvalue weighted by Gasteiger charge is -2.31. The zero-order chi connectivity index (χ0) is 65.0. The number of rotatable bonds is 33. The molecule has 1 fully saturated rings. The minimum Gasteiger partial charge on any atom is -0.458 e. The predicted octanol–water partition coefficient (Wildman–Crippen LogP) is -3.56. The molecule has 0 unspecified atom stereocenters. The van der Waals surface area contributed by atoms with Gasteiger partial charge in [-0.15, -0.1) is 0 Å². The van der Waals surface area contributed by atoms with Crippen molar-refractivity contribution in [2.75, 3.05) is 33.4 Å². The molecule has 0 saturated carbocycles. The lowest BCUT2D eigenvalue weighted by molar-refractivity contribution is -0.157. The van der Waals surface area contributed by atoms with Crippen molar-refractivity contribution in [3.8, 4) is 0 Å². The zero-order valence-corrected chi connectivity index (χ0v) is 51.4. The van der Waals surface area contributed by atoms with Crippen LogP contribution >= 0.6 is 0 Å². The number of carbonyl (C=O) groups excluding carboxylic acids is 11. The van der Waals surface area contributed by atoms with Crippen molar-refractivity contribution in [1.29, 1.82) is 5.41 Å². The van der Waals surface area contributed by atoms with E-state index in [1.54, 1.807) is 55.5 Å². The standard InChI is InChI=1S/C57H96N14O15/c1-12-29(5)41(67-47(76)36(60-11)24-23-35-20-17-16-18-21-35)52(81)64-39(27-73)50(79)63-37(22-19-25-61-57(58)59)48(77)68-43(31(7)14-3)54(83)69-42(30(6)13-2)53(82)65-40(28-74)51(80)71-45-34(10)86-56(85)44(32(8)15-4)70-46(75)33(9)62-49(78)38(26-72)66-55(45)84/h16-18,20-21,29-34,36-45,60,72-74H,12-15,19,22-28H2,1-11H3,(H,62,78)(H,63,79)(H,64,81)(H,65,82)(H,66,84)(H,67,76)(H,68,77)(H,69,83)(H,70,75)(H,71,80)(H4,58,59,61)/t29-,30-,31+,32-,33-,34-,36+,37+,38-,39-,40-,41-,42-,43+,44-,45+/m0/s1. The van der Waals surface area contributed by atoms with Crippen molar-refractivity contribution < 1.29 is 72.8 Å². The van der Waals surface area contributed by atoms with Gasteiger partial charge in [-0.3, -0.25) is 53.4 Å². The summed E-state index contributed by atoms with van der Waals surface area (Å²) in [4.78, 5) is 152. The Bertz CT molecular complexity index is 2440. The molecule has 484 valence electrons. The Morgan fingerprint density at radius 3 is 1.56 bits per heavy atom. The first kappa shape index (κ1) is 74.6. The van der Waals surface area contributed by atoms with Gasteiger partial charge in [0.1, 0.15) is 66.5 Å². The van der Waals surface area contributed by atoms with E-state index < -0.39 is 181 Å². The third-order valence-corrected chi connectivity index (χ3v) is 15.5. The maximum atomic E-state index is 14.4. The topological polar surface area (TPSA) is 452 Å². The van der Waals surface area contributed by atoms with Crippen LogP contribution in [0.25, 0.3) is 0 Å². The lowest BCUT2D eigenvalue weighted by Crippen LogP contribution is -2.63.